The first-order valence-corrected chi connectivity index (χ1v) is 3.81. The Morgan fingerprint density at radius 3 is 2.36 bits per heavy atom. The molecule has 0 aromatic heterocycles. The van der Waals surface area contributed by atoms with Crippen LogP contribution in [0.2, 0.25) is 0 Å². The summed E-state index contributed by atoms with van der Waals surface area (Å²) in [7, 11) is 0. The lowest BCUT2D eigenvalue weighted by atomic mass is 10.2. The van der Waals surface area contributed by atoms with Gasteiger partial charge in [-0.15, -0.1) is 0 Å². The van der Waals surface area contributed by atoms with Gasteiger partial charge in [-0.25, -0.2) is 0 Å². The van der Waals surface area contributed by atoms with Crippen LogP contribution in [0.1, 0.15) is 19.4 Å². The molecular formula is C10H15N. The van der Waals surface area contributed by atoms with Gasteiger partial charge in [-0.05, 0) is 17.7 Å². The summed E-state index contributed by atoms with van der Waals surface area (Å²) in [5.41, 5.74) is 7.34. The van der Waals surface area contributed by atoms with Gasteiger partial charge in [0.2, 0.25) is 0 Å². The lowest BCUT2D eigenvalue weighted by Crippen LogP contribution is -1.82. The number of anilines is 1. The molecule has 0 atom stereocenters. The van der Waals surface area contributed by atoms with Crippen molar-refractivity contribution in [2.24, 2.45) is 0 Å². The lowest BCUT2D eigenvalue weighted by Gasteiger charge is -1.92. The van der Waals surface area contributed by atoms with E-state index < -0.39 is 0 Å². The van der Waals surface area contributed by atoms with E-state index >= 15 is 0 Å². The molecule has 1 aromatic rings. The number of nitrogens with two attached hydrogens (primary N) is 1. The smallest absolute Gasteiger partial charge is 0.0319 e. The Balaban J connectivity index is 0.000000461. The van der Waals surface area contributed by atoms with E-state index in [1.807, 2.05) is 38.1 Å². The standard InChI is InChI=1S/C8H9N.C2H6/c1-2-7-4-3-5-8(9)6-7;1-2/h2-6H,1,9H2;1-2H3. The van der Waals surface area contributed by atoms with Crippen molar-refractivity contribution in [3.63, 3.8) is 0 Å². The number of hydrogen-bond donors (Lipinski definition) is 1. The molecule has 0 unspecified atom stereocenters. The predicted molar refractivity (Wildman–Crippen MR) is 52.3 cm³/mol. The summed E-state index contributed by atoms with van der Waals surface area (Å²) in [6.07, 6.45) is 1.77. The van der Waals surface area contributed by atoms with Gasteiger partial charge in [-0.1, -0.05) is 38.6 Å². The maximum absolute atomic E-state index is 5.49. The van der Waals surface area contributed by atoms with Crippen molar-refractivity contribution in [3.05, 3.63) is 36.4 Å². The van der Waals surface area contributed by atoms with E-state index in [1.54, 1.807) is 6.08 Å². The second-order valence-electron chi connectivity index (χ2n) is 1.87. The molecule has 11 heavy (non-hydrogen) atoms. The van der Waals surface area contributed by atoms with Gasteiger partial charge in [-0.2, -0.15) is 0 Å². The molecular weight excluding hydrogens is 134 g/mol. The Bertz CT molecular complexity index is 216. The highest BCUT2D eigenvalue weighted by atomic mass is 14.5. The predicted octanol–water partition coefficient (Wildman–Crippen LogP) is 2.94. The molecule has 2 N–H and O–H groups in total. The van der Waals surface area contributed by atoms with Crippen LogP contribution in [-0.2, 0) is 0 Å². The van der Waals surface area contributed by atoms with Gasteiger partial charge in [0.15, 0.2) is 0 Å². The molecule has 0 aliphatic rings. The first-order chi connectivity index (χ1) is 5.33. The molecule has 0 fully saturated rings. The first-order valence-electron chi connectivity index (χ1n) is 3.81. The molecule has 1 nitrogen and oxygen atoms in total. The topological polar surface area (TPSA) is 26.0 Å². The highest BCUT2D eigenvalue weighted by Gasteiger charge is 1.83. The van der Waals surface area contributed by atoms with E-state index in [9.17, 15) is 0 Å². The van der Waals surface area contributed by atoms with E-state index in [0.29, 0.717) is 0 Å². The number of nitrogen functional groups attached to an aromatic ring is 1. The minimum atomic E-state index is 0.785. The molecule has 1 heteroatoms. The highest BCUT2D eigenvalue weighted by Crippen LogP contribution is 2.06. The zero-order valence-electron chi connectivity index (χ0n) is 7.17. The summed E-state index contributed by atoms with van der Waals surface area (Å²) in [5.74, 6) is 0. The van der Waals surface area contributed by atoms with Crippen molar-refractivity contribution in [2.75, 3.05) is 5.73 Å². The minimum absolute atomic E-state index is 0.785. The van der Waals surface area contributed by atoms with Gasteiger partial charge in [0, 0.05) is 5.69 Å². The molecule has 0 amide bonds. The molecule has 0 aliphatic heterocycles. The third kappa shape index (κ3) is 3.46. The van der Waals surface area contributed by atoms with E-state index in [0.717, 1.165) is 11.3 Å². The molecule has 0 bridgehead atoms. The average molecular weight is 149 g/mol. The highest BCUT2D eigenvalue weighted by molar-refractivity contribution is 5.53. The van der Waals surface area contributed by atoms with Gasteiger partial charge >= 0.3 is 0 Å². The molecule has 0 saturated heterocycles. The van der Waals surface area contributed by atoms with Crippen LogP contribution in [-0.4, -0.2) is 0 Å². The third-order valence-electron chi connectivity index (χ3n) is 1.15. The van der Waals surface area contributed by atoms with Crippen LogP contribution < -0.4 is 5.73 Å². The SMILES string of the molecule is C=Cc1cccc(N)c1.CC. The fraction of sp³-hybridized carbons (Fsp3) is 0.200. The zero-order valence-corrected chi connectivity index (χ0v) is 7.17. The normalized spacial score (nSPS) is 7.82. The van der Waals surface area contributed by atoms with Gasteiger partial charge in [0.1, 0.15) is 0 Å². The largest absolute Gasteiger partial charge is 0.399 e. The Morgan fingerprint density at radius 2 is 2.00 bits per heavy atom. The second kappa shape index (κ2) is 5.54. The van der Waals surface area contributed by atoms with Crippen molar-refractivity contribution in [1.29, 1.82) is 0 Å². The molecule has 0 saturated carbocycles. The van der Waals surface area contributed by atoms with Crippen molar-refractivity contribution in [2.45, 2.75) is 13.8 Å². The summed E-state index contributed by atoms with van der Waals surface area (Å²) < 4.78 is 0. The van der Waals surface area contributed by atoms with Gasteiger partial charge in [0.05, 0.1) is 0 Å². The Hall–Kier alpha value is -1.24. The molecule has 0 spiro atoms. The van der Waals surface area contributed by atoms with Crippen LogP contribution in [0.15, 0.2) is 30.8 Å². The molecule has 0 aliphatic carbocycles. The van der Waals surface area contributed by atoms with Crippen LogP contribution in [0, 0.1) is 0 Å². The van der Waals surface area contributed by atoms with Gasteiger partial charge in [-0.3, -0.25) is 0 Å². The quantitative estimate of drug-likeness (QED) is 0.610. The summed E-state index contributed by atoms with van der Waals surface area (Å²) in [5, 5.41) is 0. The Labute approximate surface area is 68.5 Å². The minimum Gasteiger partial charge on any atom is -0.399 e. The third-order valence-corrected chi connectivity index (χ3v) is 1.15. The van der Waals surface area contributed by atoms with Gasteiger partial charge in [0.25, 0.3) is 0 Å². The van der Waals surface area contributed by atoms with E-state index in [-0.39, 0.29) is 0 Å². The fourth-order valence-electron chi connectivity index (χ4n) is 0.686. The summed E-state index contributed by atoms with van der Waals surface area (Å²) in [4.78, 5) is 0. The van der Waals surface area contributed by atoms with Crippen molar-refractivity contribution >= 4 is 11.8 Å². The van der Waals surface area contributed by atoms with Crippen LogP contribution in [0.4, 0.5) is 5.69 Å². The average Bonchev–Trinajstić information content (AvgIpc) is 2.08. The summed E-state index contributed by atoms with van der Waals surface area (Å²) in [6.45, 7) is 7.62. The summed E-state index contributed by atoms with van der Waals surface area (Å²) in [6, 6.07) is 7.61. The molecule has 0 radical (unpaired) electrons. The van der Waals surface area contributed by atoms with E-state index in [1.165, 1.54) is 0 Å². The molecule has 0 heterocycles. The van der Waals surface area contributed by atoms with Crippen LogP contribution in [0.3, 0.4) is 0 Å². The number of hydrogen-bond acceptors (Lipinski definition) is 1. The van der Waals surface area contributed by atoms with Gasteiger partial charge < -0.3 is 5.73 Å². The Morgan fingerprint density at radius 1 is 1.36 bits per heavy atom. The van der Waals surface area contributed by atoms with Crippen LogP contribution in [0.25, 0.3) is 6.08 Å². The Kier molecular flexibility index (Phi) is 4.91. The van der Waals surface area contributed by atoms with Crippen LogP contribution >= 0.6 is 0 Å². The maximum atomic E-state index is 5.49. The molecule has 1 rings (SSSR count). The number of rotatable bonds is 1. The second-order valence-corrected chi connectivity index (χ2v) is 1.87. The molecule has 60 valence electrons. The zero-order chi connectivity index (χ0) is 8.69. The fourth-order valence-corrected chi connectivity index (χ4v) is 0.686. The van der Waals surface area contributed by atoms with Crippen molar-refractivity contribution < 1.29 is 0 Å². The number of benzene rings is 1. The van der Waals surface area contributed by atoms with Crippen molar-refractivity contribution in [1.82, 2.24) is 0 Å². The lowest BCUT2D eigenvalue weighted by molar-refractivity contribution is 1.50. The van der Waals surface area contributed by atoms with Crippen LogP contribution in [0.5, 0.6) is 0 Å². The van der Waals surface area contributed by atoms with E-state index in [4.69, 9.17) is 5.73 Å². The van der Waals surface area contributed by atoms with E-state index in [2.05, 4.69) is 6.58 Å². The summed E-state index contributed by atoms with van der Waals surface area (Å²) >= 11 is 0. The van der Waals surface area contributed by atoms with Crippen molar-refractivity contribution in [3.8, 4) is 0 Å². The monoisotopic (exact) mass is 149 g/mol. The maximum Gasteiger partial charge on any atom is 0.0319 e. The first kappa shape index (κ1) is 9.76. The molecule has 1 aromatic carbocycles.